The zero-order valence-corrected chi connectivity index (χ0v) is 11.2. The van der Waals surface area contributed by atoms with E-state index in [4.69, 9.17) is 10.9 Å². The first-order valence-corrected chi connectivity index (χ1v) is 5.84. The van der Waals surface area contributed by atoms with E-state index in [0.717, 1.165) is 12.1 Å². The molecule has 6 nitrogen and oxygen atoms in total. The minimum atomic E-state index is -4.61. The summed E-state index contributed by atoms with van der Waals surface area (Å²) in [6.45, 7) is 3.33. The molecule has 0 unspecified atom stereocenters. The number of hydrogen-bond acceptors (Lipinski definition) is 4. The van der Waals surface area contributed by atoms with Gasteiger partial charge in [0.05, 0.1) is 11.3 Å². The highest BCUT2D eigenvalue weighted by Crippen LogP contribution is 2.33. The second kappa shape index (κ2) is 5.08. The Bertz CT molecular complexity index is 705. The van der Waals surface area contributed by atoms with Crippen LogP contribution in [0, 0.1) is 13.8 Å². The van der Waals surface area contributed by atoms with Crippen LogP contribution in [0.15, 0.2) is 23.4 Å². The minimum Gasteiger partial charge on any atom is -0.409 e. The van der Waals surface area contributed by atoms with Gasteiger partial charge < -0.3 is 10.9 Å². The van der Waals surface area contributed by atoms with Crippen molar-refractivity contribution in [2.45, 2.75) is 20.0 Å². The molecule has 3 N–H and O–H groups in total. The van der Waals surface area contributed by atoms with Crippen LogP contribution in [0.1, 0.15) is 22.8 Å². The number of rotatable bonds is 2. The highest BCUT2D eigenvalue weighted by Gasteiger charge is 2.34. The lowest BCUT2D eigenvalue weighted by Gasteiger charge is -2.13. The summed E-state index contributed by atoms with van der Waals surface area (Å²) in [7, 11) is 0. The van der Waals surface area contributed by atoms with Gasteiger partial charge in [0.25, 0.3) is 0 Å². The van der Waals surface area contributed by atoms with Crippen molar-refractivity contribution in [3.8, 4) is 5.69 Å². The molecule has 0 saturated heterocycles. The number of aromatic nitrogens is 3. The summed E-state index contributed by atoms with van der Waals surface area (Å²) in [4.78, 5) is 4.07. The first-order valence-electron chi connectivity index (χ1n) is 5.84. The normalized spacial score (nSPS) is 12.7. The molecule has 0 atom stereocenters. The molecule has 0 radical (unpaired) electrons. The SMILES string of the molecule is Cc1nc(C)n(-c2ccc(C(F)(F)F)c(/C(N)=N/O)c2)n1. The molecule has 21 heavy (non-hydrogen) atoms. The Hall–Kier alpha value is -2.58. The third-order valence-electron chi connectivity index (χ3n) is 2.81. The highest BCUT2D eigenvalue weighted by molar-refractivity contribution is 5.99. The number of alkyl halides is 3. The Morgan fingerprint density at radius 1 is 1.33 bits per heavy atom. The Morgan fingerprint density at radius 2 is 2.00 bits per heavy atom. The minimum absolute atomic E-state index is 0.336. The standard InChI is InChI=1S/C12H12F3N5O/c1-6-17-7(2)20(18-6)8-3-4-10(12(13,14)15)9(5-8)11(16)19-21/h3-5,21H,1-2H3,(H2,16,19). The van der Waals surface area contributed by atoms with Gasteiger partial charge in [-0.05, 0) is 32.0 Å². The molecule has 2 aromatic rings. The molecule has 0 spiro atoms. The van der Waals surface area contributed by atoms with Gasteiger partial charge in [0, 0.05) is 5.56 Å². The second-order valence-electron chi connectivity index (χ2n) is 4.33. The fraction of sp³-hybridized carbons (Fsp3) is 0.250. The second-order valence-corrected chi connectivity index (χ2v) is 4.33. The molecule has 0 saturated carbocycles. The summed E-state index contributed by atoms with van der Waals surface area (Å²) >= 11 is 0. The van der Waals surface area contributed by atoms with Crippen LogP contribution in [0.25, 0.3) is 5.69 Å². The van der Waals surface area contributed by atoms with Crippen molar-refractivity contribution >= 4 is 5.84 Å². The van der Waals surface area contributed by atoms with Crippen molar-refractivity contribution < 1.29 is 18.4 Å². The van der Waals surface area contributed by atoms with E-state index >= 15 is 0 Å². The molecule has 0 amide bonds. The van der Waals surface area contributed by atoms with Crippen molar-refractivity contribution in [2.75, 3.05) is 0 Å². The fourth-order valence-electron chi connectivity index (χ4n) is 1.94. The van der Waals surface area contributed by atoms with Gasteiger partial charge in [-0.25, -0.2) is 9.67 Å². The molecule has 112 valence electrons. The summed E-state index contributed by atoms with van der Waals surface area (Å²) < 4.78 is 40.2. The van der Waals surface area contributed by atoms with Crippen LogP contribution in [-0.2, 0) is 6.18 Å². The number of nitrogens with two attached hydrogens (primary N) is 1. The quantitative estimate of drug-likeness (QED) is 0.384. The maximum atomic E-state index is 12.9. The number of nitrogens with zero attached hydrogens (tertiary/aromatic N) is 4. The molecule has 1 aromatic heterocycles. The lowest BCUT2D eigenvalue weighted by Crippen LogP contribution is -2.20. The van der Waals surface area contributed by atoms with E-state index in [9.17, 15) is 13.2 Å². The van der Waals surface area contributed by atoms with Gasteiger partial charge in [0.15, 0.2) is 5.84 Å². The lowest BCUT2D eigenvalue weighted by atomic mass is 10.1. The number of halogens is 3. The van der Waals surface area contributed by atoms with Crippen LogP contribution in [0.2, 0.25) is 0 Å². The molecule has 0 aliphatic rings. The zero-order chi connectivity index (χ0) is 15.8. The van der Waals surface area contributed by atoms with Gasteiger partial charge in [-0.1, -0.05) is 5.16 Å². The largest absolute Gasteiger partial charge is 0.417 e. The van der Waals surface area contributed by atoms with Crippen LogP contribution >= 0.6 is 0 Å². The number of amidine groups is 1. The average molecular weight is 299 g/mol. The van der Waals surface area contributed by atoms with Gasteiger partial charge >= 0.3 is 6.18 Å². The maximum absolute atomic E-state index is 12.9. The van der Waals surface area contributed by atoms with Crippen molar-refractivity contribution in [1.82, 2.24) is 14.8 Å². The van der Waals surface area contributed by atoms with Crippen molar-refractivity contribution in [1.29, 1.82) is 0 Å². The first kappa shape index (κ1) is 14.8. The van der Waals surface area contributed by atoms with E-state index < -0.39 is 23.1 Å². The van der Waals surface area contributed by atoms with E-state index in [1.165, 1.54) is 10.7 Å². The molecular formula is C12H12F3N5O. The molecule has 0 bridgehead atoms. The van der Waals surface area contributed by atoms with E-state index in [2.05, 4.69) is 15.2 Å². The Kier molecular flexibility index (Phi) is 3.58. The Morgan fingerprint density at radius 3 is 2.48 bits per heavy atom. The third-order valence-corrected chi connectivity index (χ3v) is 2.81. The van der Waals surface area contributed by atoms with Gasteiger partial charge in [-0.15, -0.1) is 0 Å². The zero-order valence-electron chi connectivity index (χ0n) is 11.2. The van der Waals surface area contributed by atoms with E-state index in [1.54, 1.807) is 13.8 Å². The summed E-state index contributed by atoms with van der Waals surface area (Å²) in [6.07, 6.45) is -4.61. The summed E-state index contributed by atoms with van der Waals surface area (Å²) in [5.74, 6) is 0.370. The number of oxime groups is 1. The van der Waals surface area contributed by atoms with E-state index in [0.29, 0.717) is 17.3 Å². The van der Waals surface area contributed by atoms with Crippen LogP contribution in [0.3, 0.4) is 0 Å². The number of aryl methyl sites for hydroxylation is 2. The van der Waals surface area contributed by atoms with Gasteiger partial charge in [0.2, 0.25) is 0 Å². The summed E-state index contributed by atoms with van der Waals surface area (Å²) in [5.41, 5.74) is 4.26. The van der Waals surface area contributed by atoms with Crippen LogP contribution in [0.4, 0.5) is 13.2 Å². The molecule has 9 heteroatoms. The van der Waals surface area contributed by atoms with Gasteiger partial charge in [-0.2, -0.15) is 18.3 Å². The molecule has 0 aliphatic heterocycles. The molecule has 1 heterocycles. The summed E-state index contributed by atoms with van der Waals surface area (Å²) in [6, 6.07) is 3.26. The first-order chi connectivity index (χ1) is 9.74. The van der Waals surface area contributed by atoms with E-state index in [1.807, 2.05) is 0 Å². The van der Waals surface area contributed by atoms with Crippen molar-refractivity contribution in [3.05, 3.63) is 41.0 Å². The van der Waals surface area contributed by atoms with Crippen molar-refractivity contribution in [3.63, 3.8) is 0 Å². The fourth-order valence-corrected chi connectivity index (χ4v) is 1.94. The Labute approximate surface area is 117 Å². The molecule has 2 rings (SSSR count). The summed E-state index contributed by atoms with van der Waals surface area (Å²) in [5, 5.41) is 15.4. The predicted molar refractivity (Wildman–Crippen MR) is 68.3 cm³/mol. The molecule has 1 aromatic carbocycles. The molecular weight excluding hydrogens is 287 g/mol. The van der Waals surface area contributed by atoms with Gasteiger partial charge in [0.1, 0.15) is 11.6 Å². The average Bonchev–Trinajstić information content (AvgIpc) is 2.75. The molecule has 0 aliphatic carbocycles. The van der Waals surface area contributed by atoms with Gasteiger partial charge in [-0.3, -0.25) is 0 Å². The van der Waals surface area contributed by atoms with E-state index in [-0.39, 0.29) is 0 Å². The number of benzene rings is 1. The highest BCUT2D eigenvalue weighted by atomic mass is 19.4. The maximum Gasteiger partial charge on any atom is 0.417 e. The number of hydrogen-bond donors (Lipinski definition) is 2. The molecule has 0 fully saturated rings. The smallest absolute Gasteiger partial charge is 0.409 e. The third kappa shape index (κ3) is 2.81. The monoisotopic (exact) mass is 299 g/mol. The van der Waals surface area contributed by atoms with Crippen LogP contribution in [0.5, 0.6) is 0 Å². The van der Waals surface area contributed by atoms with Crippen LogP contribution in [-0.4, -0.2) is 25.8 Å². The van der Waals surface area contributed by atoms with Crippen molar-refractivity contribution in [2.24, 2.45) is 10.9 Å². The topological polar surface area (TPSA) is 89.3 Å². The predicted octanol–water partition coefficient (Wildman–Crippen LogP) is 2.00. The van der Waals surface area contributed by atoms with Crippen LogP contribution < -0.4 is 5.73 Å². The lowest BCUT2D eigenvalue weighted by molar-refractivity contribution is -0.137. The Balaban J connectivity index is 2.65.